The zero-order valence-electron chi connectivity index (χ0n) is 13.2. The van der Waals surface area contributed by atoms with Crippen molar-refractivity contribution < 1.29 is 14.3 Å². The summed E-state index contributed by atoms with van der Waals surface area (Å²) in [7, 11) is 1.39. The molecule has 0 unspecified atom stereocenters. The van der Waals surface area contributed by atoms with Crippen LogP contribution in [-0.4, -0.2) is 18.9 Å². The Bertz CT molecular complexity index is 627. The molecule has 116 valence electrons. The third-order valence-electron chi connectivity index (χ3n) is 5.39. The smallest absolute Gasteiger partial charge is 0.337 e. The SMILES string of the molecule is COC(=O)c1ccc(/C=C2/CC[C@H]3C(=O)CCC[C@]23C)cc1. The molecule has 2 fully saturated rings. The number of ether oxygens (including phenoxy) is 1. The lowest BCUT2D eigenvalue weighted by Crippen LogP contribution is -2.33. The van der Waals surface area contributed by atoms with E-state index in [0.29, 0.717) is 11.3 Å². The number of ketones is 1. The fraction of sp³-hybridized carbons (Fsp3) is 0.474. The van der Waals surface area contributed by atoms with E-state index < -0.39 is 0 Å². The van der Waals surface area contributed by atoms with Crippen LogP contribution < -0.4 is 0 Å². The fourth-order valence-electron chi connectivity index (χ4n) is 4.05. The number of methoxy groups -OCH3 is 1. The van der Waals surface area contributed by atoms with Gasteiger partial charge in [-0.2, -0.15) is 0 Å². The molecule has 2 atom stereocenters. The highest BCUT2D eigenvalue weighted by atomic mass is 16.5. The lowest BCUT2D eigenvalue weighted by Gasteiger charge is -2.36. The van der Waals surface area contributed by atoms with Gasteiger partial charge in [0.25, 0.3) is 0 Å². The molecule has 1 aromatic rings. The van der Waals surface area contributed by atoms with E-state index in [-0.39, 0.29) is 17.3 Å². The summed E-state index contributed by atoms with van der Waals surface area (Å²) in [5.41, 5.74) is 3.07. The molecule has 0 bridgehead atoms. The van der Waals surface area contributed by atoms with Gasteiger partial charge in [-0.3, -0.25) is 4.79 Å². The first-order chi connectivity index (χ1) is 10.5. The lowest BCUT2D eigenvalue weighted by molar-refractivity contribution is -0.127. The first-order valence-corrected chi connectivity index (χ1v) is 7.97. The molecule has 2 saturated carbocycles. The van der Waals surface area contributed by atoms with E-state index in [9.17, 15) is 9.59 Å². The Hall–Kier alpha value is -1.90. The molecule has 3 rings (SSSR count). The quantitative estimate of drug-likeness (QED) is 0.774. The minimum absolute atomic E-state index is 0.0380. The maximum atomic E-state index is 12.2. The van der Waals surface area contributed by atoms with Gasteiger partial charge in [-0.05, 0) is 48.8 Å². The molecule has 1 aromatic carbocycles. The van der Waals surface area contributed by atoms with Gasteiger partial charge in [-0.25, -0.2) is 4.79 Å². The second kappa shape index (κ2) is 5.71. The van der Waals surface area contributed by atoms with Crippen molar-refractivity contribution in [2.24, 2.45) is 11.3 Å². The van der Waals surface area contributed by atoms with E-state index in [4.69, 9.17) is 4.74 Å². The van der Waals surface area contributed by atoms with Crippen molar-refractivity contribution in [2.75, 3.05) is 7.11 Å². The third-order valence-corrected chi connectivity index (χ3v) is 5.39. The van der Waals surface area contributed by atoms with E-state index in [0.717, 1.165) is 37.7 Å². The molecule has 0 spiro atoms. The molecule has 0 aromatic heterocycles. The Labute approximate surface area is 131 Å². The Kier molecular flexibility index (Phi) is 3.90. The molecule has 0 amide bonds. The molecule has 0 heterocycles. The van der Waals surface area contributed by atoms with Gasteiger partial charge in [0.2, 0.25) is 0 Å². The van der Waals surface area contributed by atoms with Crippen LogP contribution in [0.5, 0.6) is 0 Å². The van der Waals surface area contributed by atoms with E-state index in [1.54, 1.807) is 12.1 Å². The Morgan fingerprint density at radius 3 is 2.68 bits per heavy atom. The monoisotopic (exact) mass is 298 g/mol. The van der Waals surface area contributed by atoms with Gasteiger partial charge in [-0.1, -0.05) is 30.7 Å². The summed E-state index contributed by atoms with van der Waals surface area (Å²) >= 11 is 0. The van der Waals surface area contributed by atoms with Crippen LogP contribution in [0, 0.1) is 11.3 Å². The van der Waals surface area contributed by atoms with Crippen molar-refractivity contribution in [3.05, 3.63) is 41.0 Å². The number of rotatable bonds is 2. The van der Waals surface area contributed by atoms with E-state index in [1.807, 2.05) is 12.1 Å². The first kappa shape index (κ1) is 15.0. The van der Waals surface area contributed by atoms with Crippen LogP contribution in [-0.2, 0) is 9.53 Å². The molecule has 3 heteroatoms. The predicted molar refractivity (Wildman–Crippen MR) is 85.4 cm³/mol. The molecule has 22 heavy (non-hydrogen) atoms. The Morgan fingerprint density at radius 2 is 2.00 bits per heavy atom. The van der Waals surface area contributed by atoms with Gasteiger partial charge in [0.15, 0.2) is 0 Å². The highest BCUT2D eigenvalue weighted by Gasteiger charge is 2.47. The number of allylic oxidation sites excluding steroid dienone is 1. The van der Waals surface area contributed by atoms with Crippen molar-refractivity contribution in [3.8, 4) is 0 Å². The van der Waals surface area contributed by atoms with Crippen LogP contribution >= 0.6 is 0 Å². The molecular weight excluding hydrogens is 276 g/mol. The average molecular weight is 298 g/mol. The summed E-state index contributed by atoms with van der Waals surface area (Å²) < 4.78 is 4.72. The topological polar surface area (TPSA) is 43.4 Å². The molecule has 2 aliphatic carbocycles. The molecule has 0 aliphatic heterocycles. The molecule has 0 N–H and O–H groups in total. The number of carbonyl (C=O) groups is 2. The number of hydrogen-bond acceptors (Lipinski definition) is 3. The zero-order chi connectivity index (χ0) is 15.7. The highest BCUT2D eigenvalue weighted by Crippen LogP contribution is 2.54. The molecule has 0 saturated heterocycles. The van der Waals surface area contributed by atoms with Crippen molar-refractivity contribution >= 4 is 17.8 Å². The Balaban J connectivity index is 1.86. The van der Waals surface area contributed by atoms with Gasteiger partial charge in [0.05, 0.1) is 12.7 Å². The van der Waals surface area contributed by atoms with Gasteiger partial charge < -0.3 is 4.74 Å². The summed E-state index contributed by atoms with van der Waals surface area (Å²) in [4.78, 5) is 23.6. The Morgan fingerprint density at radius 1 is 1.27 bits per heavy atom. The largest absolute Gasteiger partial charge is 0.465 e. The van der Waals surface area contributed by atoms with Crippen molar-refractivity contribution in [3.63, 3.8) is 0 Å². The molecule has 2 aliphatic rings. The first-order valence-electron chi connectivity index (χ1n) is 7.97. The summed E-state index contributed by atoms with van der Waals surface area (Å²) in [6.45, 7) is 2.25. The summed E-state index contributed by atoms with van der Waals surface area (Å²) in [5.74, 6) is 0.338. The normalized spacial score (nSPS) is 29.5. The van der Waals surface area contributed by atoms with Crippen molar-refractivity contribution in [2.45, 2.75) is 39.0 Å². The van der Waals surface area contributed by atoms with Gasteiger partial charge in [0, 0.05) is 12.3 Å². The maximum absolute atomic E-state index is 12.2. The minimum atomic E-state index is -0.315. The number of esters is 1. The third kappa shape index (κ3) is 2.49. The van der Waals surface area contributed by atoms with Gasteiger partial charge >= 0.3 is 5.97 Å². The average Bonchev–Trinajstić information content (AvgIpc) is 2.85. The number of carbonyl (C=O) groups excluding carboxylic acids is 2. The van der Waals surface area contributed by atoms with Crippen LogP contribution in [0.2, 0.25) is 0 Å². The lowest BCUT2D eigenvalue weighted by atomic mass is 9.67. The number of benzene rings is 1. The fourth-order valence-corrected chi connectivity index (χ4v) is 4.05. The van der Waals surface area contributed by atoms with Crippen molar-refractivity contribution in [1.29, 1.82) is 0 Å². The number of fused-ring (bicyclic) bond motifs is 1. The zero-order valence-corrected chi connectivity index (χ0v) is 13.2. The maximum Gasteiger partial charge on any atom is 0.337 e. The second-order valence-corrected chi connectivity index (χ2v) is 6.61. The van der Waals surface area contributed by atoms with E-state index in [1.165, 1.54) is 12.7 Å². The number of Topliss-reactive ketones (excluding diaryl/α,β-unsaturated/α-hetero) is 1. The molecule has 3 nitrogen and oxygen atoms in total. The number of hydrogen-bond donors (Lipinski definition) is 0. The predicted octanol–water partition coefficient (Wildman–Crippen LogP) is 4.03. The second-order valence-electron chi connectivity index (χ2n) is 6.61. The summed E-state index contributed by atoms with van der Waals surface area (Å²) in [6, 6.07) is 7.47. The van der Waals surface area contributed by atoms with Gasteiger partial charge in [0.1, 0.15) is 5.78 Å². The van der Waals surface area contributed by atoms with Crippen molar-refractivity contribution in [1.82, 2.24) is 0 Å². The molecular formula is C19H22O3. The summed E-state index contributed by atoms with van der Waals surface area (Å²) in [6.07, 6.45) is 7.06. The molecule has 0 radical (unpaired) electrons. The van der Waals surface area contributed by atoms with Crippen LogP contribution in [0.1, 0.15) is 54.9 Å². The van der Waals surface area contributed by atoms with Crippen LogP contribution in [0.3, 0.4) is 0 Å². The standard InChI is InChI=1S/C19H22O3/c1-19-11-3-4-17(20)16(19)10-9-15(19)12-13-5-7-14(8-6-13)18(21)22-2/h5-8,12,16H,3-4,9-11H2,1-2H3/b15-12-/t16-,19+/m0/s1. The van der Waals surface area contributed by atoms with Gasteiger partial charge in [-0.15, -0.1) is 0 Å². The van der Waals surface area contributed by atoms with E-state index in [2.05, 4.69) is 13.0 Å². The van der Waals surface area contributed by atoms with Crippen LogP contribution in [0.15, 0.2) is 29.8 Å². The summed E-state index contributed by atoms with van der Waals surface area (Å²) in [5, 5.41) is 0. The van der Waals surface area contributed by atoms with E-state index >= 15 is 0 Å². The van der Waals surface area contributed by atoms with Crippen LogP contribution in [0.25, 0.3) is 6.08 Å². The highest BCUT2D eigenvalue weighted by molar-refractivity contribution is 5.89. The minimum Gasteiger partial charge on any atom is -0.465 e. The van der Waals surface area contributed by atoms with Crippen LogP contribution in [0.4, 0.5) is 0 Å².